The molecule has 2 heterocycles. The number of hydrogen-bond donors (Lipinski definition) is 1. The van der Waals surface area contributed by atoms with Gasteiger partial charge in [-0.05, 0) is 57.0 Å². The molecule has 0 aliphatic rings. The van der Waals surface area contributed by atoms with Gasteiger partial charge in [0.05, 0.1) is 16.9 Å². The lowest BCUT2D eigenvalue weighted by Crippen LogP contribution is -2.03. The van der Waals surface area contributed by atoms with Crippen molar-refractivity contribution in [1.82, 2.24) is 14.6 Å². The van der Waals surface area contributed by atoms with Crippen molar-refractivity contribution in [2.24, 2.45) is 4.99 Å². The molecule has 2 aromatic heterocycles. The maximum Gasteiger partial charge on any atom is 0.238 e. The first-order valence-electron chi connectivity index (χ1n) is 7.20. The molecule has 0 amide bonds. The second-order valence-electron chi connectivity index (χ2n) is 5.64. The molecule has 0 spiro atoms. The van der Waals surface area contributed by atoms with Crippen LogP contribution in [0.3, 0.4) is 0 Å². The molecule has 0 unspecified atom stereocenters. The van der Waals surface area contributed by atoms with E-state index in [1.807, 2.05) is 33.0 Å². The molecule has 0 saturated carbocycles. The third kappa shape index (κ3) is 2.45. The second kappa shape index (κ2) is 5.26. The van der Waals surface area contributed by atoms with Crippen LogP contribution in [-0.2, 0) is 0 Å². The first-order chi connectivity index (χ1) is 10.5. The Kier molecular flexibility index (Phi) is 3.41. The first-order valence-corrected chi connectivity index (χ1v) is 7.20. The molecule has 0 saturated heterocycles. The van der Waals surface area contributed by atoms with Gasteiger partial charge in [0.15, 0.2) is 0 Å². The number of anilines is 1. The smallest absolute Gasteiger partial charge is 0.238 e. The van der Waals surface area contributed by atoms with Crippen LogP contribution in [0.25, 0.3) is 16.6 Å². The topological polar surface area (TPSA) is 68.6 Å². The highest BCUT2D eigenvalue weighted by atomic mass is 15.3. The number of fused-ring (bicyclic) bond motifs is 1. The molecule has 0 aliphatic carbocycles. The predicted molar refractivity (Wildman–Crippen MR) is 90.8 cm³/mol. The van der Waals surface area contributed by atoms with Gasteiger partial charge in [-0.3, -0.25) is 4.99 Å². The van der Waals surface area contributed by atoms with Crippen LogP contribution in [0.1, 0.15) is 25.1 Å². The Hall–Kier alpha value is -2.69. The Morgan fingerprint density at radius 2 is 1.95 bits per heavy atom. The summed E-state index contributed by atoms with van der Waals surface area (Å²) in [7, 11) is 0. The van der Waals surface area contributed by atoms with E-state index in [0.29, 0.717) is 0 Å². The number of nitrogens with two attached hydrogens (primary N) is 1. The number of benzene rings is 1. The molecule has 0 atom stereocenters. The van der Waals surface area contributed by atoms with Crippen LogP contribution in [0, 0.1) is 13.8 Å². The molecule has 5 heteroatoms. The Morgan fingerprint density at radius 3 is 2.64 bits per heavy atom. The molecule has 112 valence electrons. The maximum atomic E-state index is 5.71. The summed E-state index contributed by atoms with van der Waals surface area (Å²) < 4.78 is 1.78. The highest BCUT2D eigenvalue weighted by Crippen LogP contribution is 2.31. The van der Waals surface area contributed by atoms with Crippen molar-refractivity contribution in [3.8, 4) is 11.1 Å². The van der Waals surface area contributed by atoms with Gasteiger partial charge in [0.2, 0.25) is 5.95 Å². The van der Waals surface area contributed by atoms with Crippen LogP contribution in [0.4, 0.5) is 11.6 Å². The van der Waals surface area contributed by atoms with Crippen LogP contribution in [0.15, 0.2) is 35.5 Å². The van der Waals surface area contributed by atoms with Crippen molar-refractivity contribution in [2.45, 2.75) is 27.7 Å². The fourth-order valence-corrected chi connectivity index (χ4v) is 2.65. The van der Waals surface area contributed by atoms with Crippen LogP contribution < -0.4 is 5.73 Å². The summed E-state index contributed by atoms with van der Waals surface area (Å²) in [4.78, 5) is 8.81. The Labute approximate surface area is 129 Å². The molecular weight excluding hydrogens is 274 g/mol. The number of aryl methyl sites for hydroxylation is 2. The molecule has 22 heavy (non-hydrogen) atoms. The van der Waals surface area contributed by atoms with Gasteiger partial charge in [-0.25, -0.2) is 9.50 Å². The molecule has 0 fully saturated rings. The summed E-state index contributed by atoms with van der Waals surface area (Å²) in [5, 5.41) is 4.22. The van der Waals surface area contributed by atoms with E-state index in [2.05, 4.69) is 40.2 Å². The standard InChI is InChI=1S/C17H19N5/c1-10(2)19-15-6-5-13(9-11(15)3)14-7-8-22-16(14)12(4)20-17(18)21-22/h5-9H,1-4H3,(H2,18,21). The van der Waals surface area contributed by atoms with Crippen LogP contribution in [0.2, 0.25) is 0 Å². The highest BCUT2D eigenvalue weighted by molar-refractivity contribution is 5.85. The number of rotatable bonds is 2. The minimum Gasteiger partial charge on any atom is -0.367 e. The zero-order chi connectivity index (χ0) is 15.9. The summed E-state index contributed by atoms with van der Waals surface area (Å²) in [5.41, 5.74) is 13.0. The molecular formula is C17H19N5. The number of aliphatic imine (C=N–C) groups is 1. The Morgan fingerprint density at radius 1 is 1.18 bits per heavy atom. The van der Waals surface area contributed by atoms with E-state index in [1.54, 1.807) is 4.52 Å². The minimum absolute atomic E-state index is 0.284. The van der Waals surface area contributed by atoms with Crippen molar-refractivity contribution < 1.29 is 0 Å². The fourth-order valence-electron chi connectivity index (χ4n) is 2.65. The van der Waals surface area contributed by atoms with Gasteiger partial charge in [0.1, 0.15) is 0 Å². The number of aromatic nitrogens is 3. The van der Waals surface area contributed by atoms with Crippen molar-refractivity contribution in [2.75, 3.05) is 5.73 Å². The third-order valence-electron chi connectivity index (χ3n) is 3.55. The van der Waals surface area contributed by atoms with Crippen molar-refractivity contribution in [3.63, 3.8) is 0 Å². The second-order valence-corrected chi connectivity index (χ2v) is 5.64. The largest absolute Gasteiger partial charge is 0.367 e. The van der Waals surface area contributed by atoms with Gasteiger partial charge in [-0.2, -0.15) is 0 Å². The summed E-state index contributed by atoms with van der Waals surface area (Å²) in [6.07, 6.45) is 1.91. The average molecular weight is 293 g/mol. The van der Waals surface area contributed by atoms with Gasteiger partial charge in [0, 0.05) is 17.5 Å². The Balaban J connectivity index is 2.16. The summed E-state index contributed by atoms with van der Waals surface area (Å²) in [5.74, 6) is 0.284. The molecule has 2 N–H and O–H groups in total. The van der Waals surface area contributed by atoms with Crippen LogP contribution >= 0.6 is 0 Å². The fraction of sp³-hybridized carbons (Fsp3) is 0.235. The lowest BCUT2D eigenvalue weighted by molar-refractivity contribution is 0.902. The highest BCUT2D eigenvalue weighted by Gasteiger charge is 2.11. The average Bonchev–Trinajstić information content (AvgIpc) is 2.84. The molecule has 3 rings (SSSR count). The van der Waals surface area contributed by atoms with E-state index in [1.165, 1.54) is 0 Å². The van der Waals surface area contributed by atoms with Gasteiger partial charge in [-0.15, -0.1) is 5.10 Å². The molecule has 3 aromatic rings. The number of nitrogens with zero attached hydrogens (tertiary/aromatic N) is 4. The molecule has 0 aliphatic heterocycles. The van der Waals surface area contributed by atoms with E-state index >= 15 is 0 Å². The zero-order valence-corrected chi connectivity index (χ0v) is 13.3. The van der Waals surface area contributed by atoms with E-state index in [4.69, 9.17) is 5.73 Å². The van der Waals surface area contributed by atoms with Crippen LogP contribution in [-0.4, -0.2) is 20.3 Å². The Bertz CT molecular complexity index is 885. The van der Waals surface area contributed by atoms with E-state index in [-0.39, 0.29) is 5.95 Å². The van der Waals surface area contributed by atoms with Crippen LogP contribution in [0.5, 0.6) is 0 Å². The van der Waals surface area contributed by atoms with E-state index < -0.39 is 0 Å². The SMILES string of the molecule is CC(C)=Nc1ccc(-c2ccn3nc(N)nc(C)c23)cc1C. The number of nitrogen functional groups attached to an aromatic ring is 1. The summed E-state index contributed by atoms with van der Waals surface area (Å²) in [6.45, 7) is 8.02. The molecule has 0 radical (unpaired) electrons. The van der Waals surface area contributed by atoms with Gasteiger partial charge < -0.3 is 5.73 Å². The quantitative estimate of drug-likeness (QED) is 0.732. The lowest BCUT2D eigenvalue weighted by atomic mass is 10.0. The monoisotopic (exact) mass is 293 g/mol. The molecule has 0 bridgehead atoms. The zero-order valence-electron chi connectivity index (χ0n) is 13.3. The normalized spacial score (nSPS) is 10.9. The third-order valence-corrected chi connectivity index (χ3v) is 3.55. The molecule has 1 aromatic carbocycles. The van der Waals surface area contributed by atoms with Crippen molar-refractivity contribution in [1.29, 1.82) is 0 Å². The van der Waals surface area contributed by atoms with Gasteiger partial charge in [0.25, 0.3) is 0 Å². The molecule has 5 nitrogen and oxygen atoms in total. The van der Waals surface area contributed by atoms with Gasteiger partial charge in [-0.1, -0.05) is 6.07 Å². The summed E-state index contributed by atoms with van der Waals surface area (Å²) in [6, 6.07) is 8.32. The van der Waals surface area contributed by atoms with E-state index in [0.717, 1.165) is 39.3 Å². The number of hydrogen-bond acceptors (Lipinski definition) is 4. The van der Waals surface area contributed by atoms with Gasteiger partial charge >= 0.3 is 0 Å². The maximum absolute atomic E-state index is 5.71. The first kappa shape index (κ1) is 14.3. The summed E-state index contributed by atoms with van der Waals surface area (Å²) >= 11 is 0. The van der Waals surface area contributed by atoms with Crippen molar-refractivity contribution in [3.05, 3.63) is 41.7 Å². The van der Waals surface area contributed by atoms with Crippen molar-refractivity contribution >= 4 is 22.9 Å². The lowest BCUT2D eigenvalue weighted by Gasteiger charge is -2.07. The van der Waals surface area contributed by atoms with E-state index in [9.17, 15) is 0 Å². The predicted octanol–water partition coefficient (Wildman–Crippen LogP) is 3.71. The minimum atomic E-state index is 0.284.